The Labute approximate surface area is 201 Å². The number of hydrogen-bond donors (Lipinski definition) is 1. The van der Waals surface area contributed by atoms with Gasteiger partial charge < -0.3 is 9.30 Å². The van der Waals surface area contributed by atoms with Gasteiger partial charge in [-0.1, -0.05) is 47.6 Å². The van der Waals surface area contributed by atoms with Crippen LogP contribution in [-0.2, 0) is 11.3 Å². The molecule has 0 aliphatic rings. The number of thioether (sulfide) groups is 1. The van der Waals surface area contributed by atoms with Crippen LogP contribution in [0.1, 0.15) is 18.1 Å². The molecule has 1 amide bonds. The number of rotatable bonds is 8. The summed E-state index contributed by atoms with van der Waals surface area (Å²) in [5.41, 5.74) is 7.27. The lowest BCUT2D eigenvalue weighted by Crippen LogP contribution is -2.21. The van der Waals surface area contributed by atoms with Gasteiger partial charge in [-0.3, -0.25) is 4.79 Å². The molecule has 0 saturated heterocycles. The summed E-state index contributed by atoms with van der Waals surface area (Å²) < 4.78 is 7.28. The molecule has 33 heavy (non-hydrogen) atoms. The van der Waals surface area contributed by atoms with Crippen LogP contribution in [0.15, 0.2) is 83.1 Å². The van der Waals surface area contributed by atoms with E-state index in [-0.39, 0.29) is 11.7 Å². The number of carbonyl (C=O) groups is 1. The van der Waals surface area contributed by atoms with Crippen LogP contribution >= 0.6 is 23.4 Å². The number of imidazole rings is 1. The normalized spacial score (nSPS) is 11.5. The van der Waals surface area contributed by atoms with Crippen molar-refractivity contribution in [2.45, 2.75) is 18.6 Å². The number of benzene rings is 3. The molecular formula is C25H23ClN4O2S. The molecular weight excluding hydrogens is 456 g/mol. The van der Waals surface area contributed by atoms with Gasteiger partial charge in [0.2, 0.25) is 0 Å². The lowest BCUT2D eigenvalue weighted by atomic mass is 10.1. The Morgan fingerprint density at radius 3 is 2.55 bits per heavy atom. The Bertz CT molecular complexity index is 1280. The van der Waals surface area contributed by atoms with Gasteiger partial charge in [-0.2, -0.15) is 5.10 Å². The number of hydrazone groups is 1. The van der Waals surface area contributed by atoms with Crippen molar-refractivity contribution in [1.29, 1.82) is 0 Å². The van der Waals surface area contributed by atoms with Crippen LogP contribution in [0.5, 0.6) is 5.75 Å². The van der Waals surface area contributed by atoms with Gasteiger partial charge in [0.15, 0.2) is 5.16 Å². The second-order valence-electron chi connectivity index (χ2n) is 7.35. The van der Waals surface area contributed by atoms with Crippen molar-refractivity contribution in [3.8, 4) is 5.75 Å². The van der Waals surface area contributed by atoms with Crippen LogP contribution in [0.4, 0.5) is 0 Å². The molecule has 4 aromatic rings. The third-order valence-corrected chi connectivity index (χ3v) is 6.29. The Morgan fingerprint density at radius 1 is 1.09 bits per heavy atom. The SMILES string of the molecule is COc1ccc(C(C)=NNC(=O)CSc2nc3ccccc3n2Cc2ccc(Cl)cc2)cc1. The van der Waals surface area contributed by atoms with Gasteiger partial charge in [0.1, 0.15) is 5.75 Å². The summed E-state index contributed by atoms with van der Waals surface area (Å²) in [6.07, 6.45) is 0. The zero-order valence-electron chi connectivity index (χ0n) is 18.3. The molecule has 0 spiro atoms. The van der Waals surface area contributed by atoms with Crippen molar-refractivity contribution >= 4 is 46.0 Å². The van der Waals surface area contributed by atoms with Gasteiger partial charge in [-0.25, -0.2) is 10.4 Å². The molecule has 0 atom stereocenters. The highest BCUT2D eigenvalue weighted by Crippen LogP contribution is 2.25. The number of para-hydroxylation sites is 2. The Morgan fingerprint density at radius 2 is 1.82 bits per heavy atom. The average molecular weight is 479 g/mol. The van der Waals surface area contributed by atoms with E-state index in [4.69, 9.17) is 21.3 Å². The Hall–Kier alpha value is -3.29. The van der Waals surface area contributed by atoms with E-state index in [0.717, 1.165) is 33.1 Å². The molecule has 1 heterocycles. The molecule has 0 bridgehead atoms. The monoisotopic (exact) mass is 478 g/mol. The van der Waals surface area contributed by atoms with Crippen LogP contribution in [-0.4, -0.2) is 34.0 Å². The van der Waals surface area contributed by atoms with Crippen LogP contribution in [0.25, 0.3) is 11.0 Å². The highest BCUT2D eigenvalue weighted by Gasteiger charge is 2.13. The van der Waals surface area contributed by atoms with E-state index in [1.807, 2.05) is 79.7 Å². The zero-order chi connectivity index (χ0) is 23.2. The number of nitrogens with zero attached hydrogens (tertiary/aromatic N) is 3. The predicted molar refractivity (Wildman–Crippen MR) is 134 cm³/mol. The highest BCUT2D eigenvalue weighted by atomic mass is 35.5. The third kappa shape index (κ3) is 5.74. The molecule has 6 nitrogen and oxygen atoms in total. The number of halogens is 1. The first-order valence-corrected chi connectivity index (χ1v) is 11.7. The average Bonchev–Trinajstić information content (AvgIpc) is 3.20. The quantitative estimate of drug-likeness (QED) is 0.210. The Kier molecular flexibility index (Phi) is 7.32. The van der Waals surface area contributed by atoms with Crippen molar-refractivity contribution in [1.82, 2.24) is 15.0 Å². The molecule has 168 valence electrons. The molecule has 0 fully saturated rings. The smallest absolute Gasteiger partial charge is 0.250 e. The van der Waals surface area contributed by atoms with Crippen LogP contribution in [0.2, 0.25) is 5.02 Å². The standard InChI is InChI=1S/C25H23ClN4O2S/c1-17(19-9-13-21(32-2)14-10-19)28-29-24(31)16-33-25-27-22-5-3-4-6-23(22)30(25)15-18-7-11-20(26)12-8-18/h3-14H,15-16H2,1-2H3,(H,29,31). The molecule has 1 N–H and O–H groups in total. The van der Waals surface area contributed by atoms with Gasteiger partial charge in [0.05, 0.1) is 36.2 Å². The van der Waals surface area contributed by atoms with Gasteiger partial charge in [-0.05, 0) is 66.6 Å². The van der Waals surface area contributed by atoms with E-state index in [1.165, 1.54) is 11.8 Å². The minimum Gasteiger partial charge on any atom is -0.497 e. The van der Waals surface area contributed by atoms with Gasteiger partial charge in [-0.15, -0.1) is 0 Å². The van der Waals surface area contributed by atoms with Gasteiger partial charge >= 0.3 is 0 Å². The summed E-state index contributed by atoms with van der Waals surface area (Å²) in [4.78, 5) is 17.2. The molecule has 3 aromatic carbocycles. The molecule has 0 aliphatic carbocycles. The number of ether oxygens (including phenoxy) is 1. The molecule has 0 unspecified atom stereocenters. The topological polar surface area (TPSA) is 68.5 Å². The van der Waals surface area contributed by atoms with Crippen molar-refractivity contribution in [2.75, 3.05) is 12.9 Å². The third-order valence-electron chi connectivity index (χ3n) is 5.06. The summed E-state index contributed by atoms with van der Waals surface area (Å²) in [5.74, 6) is 0.773. The summed E-state index contributed by atoms with van der Waals surface area (Å²) in [5, 5.41) is 5.70. The fourth-order valence-corrected chi connectivity index (χ4v) is 4.23. The van der Waals surface area contributed by atoms with Gasteiger partial charge in [0.25, 0.3) is 5.91 Å². The molecule has 0 aliphatic heterocycles. The van der Waals surface area contributed by atoms with Crippen molar-refractivity contribution in [3.63, 3.8) is 0 Å². The lowest BCUT2D eigenvalue weighted by Gasteiger charge is -2.09. The van der Waals surface area contributed by atoms with Crippen LogP contribution < -0.4 is 10.2 Å². The molecule has 8 heteroatoms. The second-order valence-corrected chi connectivity index (χ2v) is 8.72. The van der Waals surface area contributed by atoms with Gasteiger partial charge in [0, 0.05) is 5.02 Å². The van der Waals surface area contributed by atoms with Crippen molar-refractivity contribution in [3.05, 3.63) is 88.9 Å². The summed E-state index contributed by atoms with van der Waals surface area (Å²) >= 11 is 7.41. The van der Waals surface area contributed by atoms with E-state index in [0.29, 0.717) is 17.3 Å². The molecule has 0 saturated carbocycles. The van der Waals surface area contributed by atoms with E-state index < -0.39 is 0 Å². The first kappa shape index (κ1) is 22.9. The Balaban J connectivity index is 1.44. The predicted octanol–water partition coefficient (Wildman–Crippen LogP) is 5.38. The number of carbonyl (C=O) groups excluding carboxylic acids is 1. The van der Waals surface area contributed by atoms with Crippen LogP contribution in [0.3, 0.4) is 0 Å². The van der Waals surface area contributed by atoms with E-state index in [2.05, 4.69) is 15.1 Å². The first-order valence-electron chi connectivity index (χ1n) is 10.3. The van der Waals surface area contributed by atoms with E-state index in [1.54, 1.807) is 7.11 Å². The summed E-state index contributed by atoms with van der Waals surface area (Å²) in [7, 11) is 1.62. The largest absolute Gasteiger partial charge is 0.497 e. The minimum absolute atomic E-state index is 0.196. The van der Waals surface area contributed by atoms with Crippen molar-refractivity contribution in [2.24, 2.45) is 5.10 Å². The maximum Gasteiger partial charge on any atom is 0.250 e. The van der Waals surface area contributed by atoms with E-state index in [9.17, 15) is 4.79 Å². The first-order chi connectivity index (χ1) is 16.0. The lowest BCUT2D eigenvalue weighted by molar-refractivity contribution is -0.118. The zero-order valence-corrected chi connectivity index (χ0v) is 19.9. The fraction of sp³-hybridized carbons (Fsp3) is 0.160. The van der Waals surface area contributed by atoms with E-state index >= 15 is 0 Å². The number of nitrogens with one attached hydrogen (secondary N) is 1. The fourth-order valence-electron chi connectivity index (χ4n) is 3.29. The van der Waals surface area contributed by atoms with Crippen LogP contribution in [0, 0.1) is 0 Å². The maximum absolute atomic E-state index is 12.5. The number of hydrogen-bond acceptors (Lipinski definition) is 5. The summed E-state index contributed by atoms with van der Waals surface area (Å²) in [6.45, 7) is 2.48. The number of aromatic nitrogens is 2. The number of methoxy groups -OCH3 is 1. The maximum atomic E-state index is 12.5. The molecule has 1 aromatic heterocycles. The molecule has 0 radical (unpaired) electrons. The second kappa shape index (κ2) is 10.6. The highest BCUT2D eigenvalue weighted by molar-refractivity contribution is 7.99. The minimum atomic E-state index is -0.196. The number of amides is 1. The molecule has 4 rings (SSSR count). The van der Waals surface area contributed by atoms with Crippen molar-refractivity contribution < 1.29 is 9.53 Å². The number of fused-ring (bicyclic) bond motifs is 1. The summed E-state index contributed by atoms with van der Waals surface area (Å²) in [6, 6.07) is 23.2.